The maximum atomic E-state index is 12.6. The van der Waals surface area contributed by atoms with E-state index in [1.807, 2.05) is 43.3 Å². The van der Waals surface area contributed by atoms with Crippen molar-refractivity contribution in [2.75, 3.05) is 4.72 Å². The zero-order valence-electron chi connectivity index (χ0n) is 14.5. The van der Waals surface area contributed by atoms with E-state index < -0.39 is 10.0 Å². The molecule has 6 heteroatoms. The molecule has 26 heavy (non-hydrogen) atoms. The molecule has 0 aliphatic carbocycles. The minimum atomic E-state index is -3.63. The van der Waals surface area contributed by atoms with E-state index in [1.165, 1.54) is 0 Å². The number of azo groups is 1. The van der Waals surface area contributed by atoms with E-state index in [9.17, 15) is 8.42 Å². The Hall–Kier alpha value is -2.99. The van der Waals surface area contributed by atoms with Gasteiger partial charge in [-0.05, 0) is 61.9 Å². The number of rotatable bonds is 5. The normalized spacial score (nSPS) is 11.6. The molecule has 0 heterocycles. The highest BCUT2D eigenvalue weighted by Gasteiger charge is 2.16. The van der Waals surface area contributed by atoms with Crippen LogP contribution in [0.3, 0.4) is 0 Å². The van der Waals surface area contributed by atoms with Crippen molar-refractivity contribution in [3.05, 3.63) is 83.9 Å². The first-order valence-corrected chi connectivity index (χ1v) is 9.59. The van der Waals surface area contributed by atoms with Crippen LogP contribution in [0.2, 0.25) is 0 Å². The van der Waals surface area contributed by atoms with Crippen LogP contribution in [0.1, 0.15) is 11.1 Å². The fraction of sp³-hybridized carbons (Fsp3) is 0.100. The maximum absolute atomic E-state index is 12.6. The summed E-state index contributed by atoms with van der Waals surface area (Å²) >= 11 is 0. The van der Waals surface area contributed by atoms with Gasteiger partial charge in [0.05, 0.1) is 16.3 Å². The molecule has 0 saturated heterocycles. The summed E-state index contributed by atoms with van der Waals surface area (Å²) in [6, 6.07) is 21.4. The molecule has 132 valence electrons. The van der Waals surface area contributed by atoms with Crippen molar-refractivity contribution in [2.24, 2.45) is 10.2 Å². The second-order valence-corrected chi connectivity index (χ2v) is 7.61. The third-order valence-electron chi connectivity index (χ3n) is 3.78. The van der Waals surface area contributed by atoms with Crippen molar-refractivity contribution in [3.63, 3.8) is 0 Å². The number of nitrogens with one attached hydrogen (secondary N) is 1. The van der Waals surface area contributed by atoms with Crippen LogP contribution in [0.15, 0.2) is 87.9 Å². The number of aryl methyl sites for hydroxylation is 2. The Morgan fingerprint density at radius 1 is 0.769 bits per heavy atom. The molecule has 0 aliphatic heterocycles. The standard InChI is InChI=1S/C20H19N3O2S/c1-15-8-13-20(16(2)14-15)26(24,25)23-19-11-9-18(10-12-19)22-21-17-6-4-3-5-7-17/h3-14,23H,1-2H3. The lowest BCUT2D eigenvalue weighted by Gasteiger charge is -2.11. The molecule has 0 bridgehead atoms. The lowest BCUT2D eigenvalue weighted by molar-refractivity contribution is 0.600. The molecular weight excluding hydrogens is 346 g/mol. The third-order valence-corrected chi connectivity index (χ3v) is 5.32. The van der Waals surface area contributed by atoms with Gasteiger partial charge in [-0.1, -0.05) is 35.9 Å². The van der Waals surface area contributed by atoms with Crippen LogP contribution >= 0.6 is 0 Å². The minimum Gasteiger partial charge on any atom is -0.280 e. The molecule has 0 spiro atoms. The minimum absolute atomic E-state index is 0.274. The first-order chi connectivity index (χ1) is 12.4. The van der Waals surface area contributed by atoms with E-state index in [0.29, 0.717) is 16.9 Å². The van der Waals surface area contributed by atoms with Gasteiger partial charge in [-0.2, -0.15) is 10.2 Å². The van der Waals surface area contributed by atoms with Gasteiger partial charge in [-0.15, -0.1) is 0 Å². The molecule has 0 aliphatic rings. The van der Waals surface area contributed by atoms with E-state index in [1.54, 1.807) is 43.3 Å². The Labute approximate surface area is 153 Å². The molecule has 0 unspecified atom stereocenters. The van der Waals surface area contributed by atoms with Crippen LogP contribution < -0.4 is 4.72 Å². The predicted octanol–water partition coefficient (Wildman–Crippen LogP) is 5.52. The molecule has 0 atom stereocenters. The zero-order valence-corrected chi connectivity index (χ0v) is 15.4. The molecule has 0 aromatic heterocycles. The van der Waals surface area contributed by atoms with Crippen LogP contribution in [0, 0.1) is 13.8 Å². The molecule has 3 rings (SSSR count). The van der Waals surface area contributed by atoms with Crippen LogP contribution in [-0.4, -0.2) is 8.42 Å². The largest absolute Gasteiger partial charge is 0.280 e. The van der Waals surface area contributed by atoms with Crippen LogP contribution in [-0.2, 0) is 10.0 Å². The van der Waals surface area contributed by atoms with Crippen molar-refractivity contribution in [1.29, 1.82) is 0 Å². The summed E-state index contributed by atoms with van der Waals surface area (Å²) in [7, 11) is -3.63. The maximum Gasteiger partial charge on any atom is 0.262 e. The van der Waals surface area contributed by atoms with Gasteiger partial charge in [0.1, 0.15) is 0 Å². The van der Waals surface area contributed by atoms with Crippen LogP contribution in [0.25, 0.3) is 0 Å². The highest BCUT2D eigenvalue weighted by Crippen LogP contribution is 2.23. The highest BCUT2D eigenvalue weighted by molar-refractivity contribution is 7.92. The molecule has 0 radical (unpaired) electrons. The van der Waals surface area contributed by atoms with Gasteiger partial charge in [0.15, 0.2) is 0 Å². The lowest BCUT2D eigenvalue weighted by Crippen LogP contribution is -2.14. The highest BCUT2D eigenvalue weighted by atomic mass is 32.2. The van der Waals surface area contributed by atoms with Gasteiger partial charge in [0.2, 0.25) is 0 Å². The summed E-state index contributed by atoms with van der Waals surface area (Å²) in [6.07, 6.45) is 0. The zero-order chi connectivity index (χ0) is 18.6. The lowest BCUT2D eigenvalue weighted by atomic mass is 10.2. The van der Waals surface area contributed by atoms with Gasteiger partial charge >= 0.3 is 0 Å². The number of nitrogens with zero attached hydrogens (tertiary/aromatic N) is 2. The van der Waals surface area contributed by atoms with Crippen LogP contribution in [0.5, 0.6) is 0 Å². The summed E-state index contributed by atoms with van der Waals surface area (Å²) in [5.41, 5.74) is 3.61. The number of hydrogen-bond donors (Lipinski definition) is 1. The van der Waals surface area contributed by atoms with E-state index in [2.05, 4.69) is 15.0 Å². The Morgan fingerprint density at radius 2 is 1.38 bits per heavy atom. The number of benzene rings is 3. The number of hydrogen-bond acceptors (Lipinski definition) is 4. The van der Waals surface area contributed by atoms with Gasteiger partial charge in [-0.25, -0.2) is 8.42 Å². The molecular formula is C20H19N3O2S. The van der Waals surface area contributed by atoms with E-state index in [0.717, 1.165) is 11.3 Å². The quantitative estimate of drug-likeness (QED) is 0.605. The van der Waals surface area contributed by atoms with E-state index >= 15 is 0 Å². The first kappa shape index (κ1) is 17.8. The van der Waals surface area contributed by atoms with Crippen LogP contribution in [0.4, 0.5) is 17.1 Å². The summed E-state index contributed by atoms with van der Waals surface area (Å²) in [4.78, 5) is 0.274. The third kappa shape index (κ3) is 4.34. The molecule has 0 amide bonds. The second-order valence-electron chi connectivity index (χ2n) is 5.96. The Morgan fingerprint density at radius 3 is 2.00 bits per heavy atom. The fourth-order valence-corrected chi connectivity index (χ4v) is 3.80. The van der Waals surface area contributed by atoms with E-state index in [4.69, 9.17) is 0 Å². The molecule has 5 nitrogen and oxygen atoms in total. The molecule has 0 fully saturated rings. The topological polar surface area (TPSA) is 70.9 Å². The molecule has 3 aromatic carbocycles. The Balaban J connectivity index is 1.75. The van der Waals surface area contributed by atoms with E-state index in [-0.39, 0.29) is 4.90 Å². The first-order valence-electron chi connectivity index (χ1n) is 8.11. The van der Waals surface area contributed by atoms with Crippen molar-refractivity contribution < 1.29 is 8.42 Å². The van der Waals surface area contributed by atoms with Gasteiger partial charge in [-0.3, -0.25) is 4.72 Å². The van der Waals surface area contributed by atoms with Crippen molar-refractivity contribution in [3.8, 4) is 0 Å². The number of anilines is 1. The molecule has 0 saturated carbocycles. The monoisotopic (exact) mass is 365 g/mol. The van der Waals surface area contributed by atoms with Gasteiger partial charge < -0.3 is 0 Å². The SMILES string of the molecule is Cc1ccc(S(=O)(=O)Nc2ccc(N=Nc3ccccc3)cc2)c(C)c1. The smallest absolute Gasteiger partial charge is 0.262 e. The fourth-order valence-electron chi connectivity index (χ4n) is 2.52. The summed E-state index contributed by atoms with van der Waals surface area (Å²) < 4.78 is 27.7. The second kappa shape index (κ2) is 7.49. The van der Waals surface area contributed by atoms with Gasteiger partial charge in [0, 0.05) is 5.69 Å². The van der Waals surface area contributed by atoms with Crippen molar-refractivity contribution in [2.45, 2.75) is 18.7 Å². The van der Waals surface area contributed by atoms with Crippen molar-refractivity contribution >= 4 is 27.1 Å². The van der Waals surface area contributed by atoms with Gasteiger partial charge in [0.25, 0.3) is 10.0 Å². The average Bonchev–Trinajstić information content (AvgIpc) is 2.61. The van der Waals surface area contributed by atoms with Crippen molar-refractivity contribution in [1.82, 2.24) is 0 Å². The molecule has 3 aromatic rings. The summed E-state index contributed by atoms with van der Waals surface area (Å²) in [6.45, 7) is 3.72. The summed E-state index contributed by atoms with van der Waals surface area (Å²) in [5.74, 6) is 0. The molecule has 1 N–H and O–H groups in total. The predicted molar refractivity (Wildman–Crippen MR) is 104 cm³/mol. The average molecular weight is 365 g/mol. The Bertz CT molecular complexity index is 1030. The number of sulfonamides is 1. The summed E-state index contributed by atoms with van der Waals surface area (Å²) in [5, 5.41) is 8.28. The Kier molecular flexibility index (Phi) is 5.14.